The molecule has 0 spiro atoms. The quantitative estimate of drug-likeness (QED) is 0.845. The van der Waals surface area contributed by atoms with E-state index in [1.807, 2.05) is 12.1 Å². The fourth-order valence-corrected chi connectivity index (χ4v) is 2.46. The molecule has 120 valence electrons. The van der Waals surface area contributed by atoms with Crippen LogP contribution in [0.25, 0.3) is 0 Å². The highest BCUT2D eigenvalue weighted by atomic mass is 16.2. The number of hydrogen-bond acceptors (Lipinski definition) is 6. The van der Waals surface area contributed by atoms with Gasteiger partial charge in [0, 0.05) is 13.5 Å². The molecule has 0 saturated carbocycles. The summed E-state index contributed by atoms with van der Waals surface area (Å²) < 4.78 is 0. The number of nitriles is 1. The zero-order chi connectivity index (χ0) is 17.1. The lowest BCUT2D eigenvalue weighted by Gasteiger charge is -2.28. The normalized spacial score (nSPS) is 12.9. The summed E-state index contributed by atoms with van der Waals surface area (Å²) in [4.78, 5) is 37.7. The molecular formula is C16H14N6O2. The number of nitrogens with zero attached hydrogens (tertiary/aromatic N) is 5. The average Bonchev–Trinajstić information content (AvgIpc) is 2.61. The van der Waals surface area contributed by atoms with Gasteiger partial charge in [-0.3, -0.25) is 15.0 Å². The van der Waals surface area contributed by atoms with Crippen molar-refractivity contribution in [2.45, 2.75) is 19.8 Å². The molecule has 3 heterocycles. The van der Waals surface area contributed by atoms with Crippen LogP contribution in [0.1, 0.15) is 35.1 Å². The number of rotatable bonds is 2. The van der Waals surface area contributed by atoms with Gasteiger partial charge in [0.15, 0.2) is 17.3 Å². The first-order valence-electron chi connectivity index (χ1n) is 7.40. The zero-order valence-corrected chi connectivity index (χ0v) is 13.0. The summed E-state index contributed by atoms with van der Waals surface area (Å²) in [5.74, 6) is 0.587. The summed E-state index contributed by atoms with van der Waals surface area (Å²) >= 11 is 0. The van der Waals surface area contributed by atoms with E-state index in [-0.39, 0.29) is 17.3 Å². The second-order valence-corrected chi connectivity index (χ2v) is 5.32. The third-order valence-electron chi connectivity index (χ3n) is 3.65. The molecule has 8 nitrogen and oxygen atoms in total. The van der Waals surface area contributed by atoms with Crippen LogP contribution in [-0.2, 0) is 6.42 Å². The van der Waals surface area contributed by atoms with E-state index in [0.717, 1.165) is 18.4 Å². The second-order valence-electron chi connectivity index (χ2n) is 5.32. The molecule has 2 aromatic rings. The first-order valence-corrected chi connectivity index (χ1v) is 7.40. The van der Waals surface area contributed by atoms with E-state index in [0.29, 0.717) is 18.1 Å². The van der Waals surface area contributed by atoms with Gasteiger partial charge in [-0.2, -0.15) is 5.26 Å². The molecule has 0 aromatic carbocycles. The SMILES string of the molecule is CC(=O)c1ccc2c(n1)N(C(=O)Nc1cnc(C#N)cn1)CCC2. The van der Waals surface area contributed by atoms with Crippen LogP contribution in [0.5, 0.6) is 0 Å². The molecule has 0 bridgehead atoms. The van der Waals surface area contributed by atoms with Crippen molar-refractivity contribution in [1.82, 2.24) is 15.0 Å². The first kappa shape index (κ1) is 15.6. The van der Waals surface area contributed by atoms with E-state index in [2.05, 4.69) is 20.3 Å². The topological polar surface area (TPSA) is 112 Å². The maximum Gasteiger partial charge on any atom is 0.328 e. The van der Waals surface area contributed by atoms with Crippen LogP contribution in [0.15, 0.2) is 24.5 Å². The molecule has 0 saturated heterocycles. The van der Waals surface area contributed by atoms with E-state index in [1.54, 1.807) is 6.07 Å². The van der Waals surface area contributed by atoms with Gasteiger partial charge in [-0.05, 0) is 24.5 Å². The average molecular weight is 322 g/mol. The number of fused-ring (bicyclic) bond motifs is 1. The molecule has 0 atom stereocenters. The van der Waals surface area contributed by atoms with E-state index < -0.39 is 6.03 Å². The van der Waals surface area contributed by atoms with Gasteiger partial charge in [-0.1, -0.05) is 6.07 Å². The van der Waals surface area contributed by atoms with Crippen LogP contribution < -0.4 is 10.2 Å². The lowest BCUT2D eigenvalue weighted by molar-refractivity contribution is 0.101. The molecule has 0 aliphatic carbocycles. The number of amides is 2. The first-order chi connectivity index (χ1) is 11.6. The molecule has 0 fully saturated rings. The summed E-state index contributed by atoms with van der Waals surface area (Å²) in [5.41, 5.74) is 1.42. The smallest absolute Gasteiger partial charge is 0.293 e. The van der Waals surface area contributed by atoms with Crippen molar-refractivity contribution in [3.63, 3.8) is 0 Å². The van der Waals surface area contributed by atoms with E-state index in [4.69, 9.17) is 5.26 Å². The molecule has 2 amide bonds. The zero-order valence-electron chi connectivity index (χ0n) is 13.0. The van der Waals surface area contributed by atoms with Gasteiger partial charge < -0.3 is 0 Å². The van der Waals surface area contributed by atoms with Gasteiger partial charge in [0.1, 0.15) is 17.6 Å². The molecule has 3 rings (SSSR count). The second kappa shape index (κ2) is 6.42. The van der Waals surface area contributed by atoms with Gasteiger partial charge in [0.2, 0.25) is 0 Å². The number of carbonyl (C=O) groups is 2. The number of anilines is 2. The Hall–Kier alpha value is -3.34. The lowest BCUT2D eigenvalue weighted by atomic mass is 10.0. The third kappa shape index (κ3) is 3.05. The largest absolute Gasteiger partial charge is 0.328 e. The lowest BCUT2D eigenvalue weighted by Crippen LogP contribution is -2.39. The van der Waals surface area contributed by atoms with Crippen LogP contribution in [0.4, 0.5) is 16.4 Å². The van der Waals surface area contributed by atoms with Crippen molar-refractivity contribution in [2.24, 2.45) is 0 Å². The molecule has 2 aromatic heterocycles. The number of aromatic nitrogens is 3. The summed E-state index contributed by atoms with van der Waals surface area (Å²) in [6.07, 6.45) is 4.22. The number of aryl methyl sites for hydroxylation is 1. The number of pyridine rings is 1. The minimum atomic E-state index is -0.400. The molecule has 24 heavy (non-hydrogen) atoms. The summed E-state index contributed by atoms with van der Waals surface area (Å²) in [7, 11) is 0. The van der Waals surface area contributed by atoms with Crippen molar-refractivity contribution in [1.29, 1.82) is 5.26 Å². The Morgan fingerprint density at radius 1 is 1.29 bits per heavy atom. The van der Waals surface area contributed by atoms with Crippen LogP contribution in [0, 0.1) is 11.3 Å². The third-order valence-corrected chi connectivity index (χ3v) is 3.65. The Morgan fingerprint density at radius 3 is 2.79 bits per heavy atom. The van der Waals surface area contributed by atoms with Crippen LogP contribution in [0.2, 0.25) is 0 Å². The van der Waals surface area contributed by atoms with Crippen LogP contribution in [0.3, 0.4) is 0 Å². The highest BCUT2D eigenvalue weighted by molar-refractivity contribution is 6.02. The van der Waals surface area contributed by atoms with Gasteiger partial charge in [0.25, 0.3) is 0 Å². The Kier molecular flexibility index (Phi) is 4.16. The minimum Gasteiger partial charge on any atom is -0.293 e. The standard InChI is InChI=1S/C16H14N6O2/c1-10(23)13-5-4-11-3-2-6-22(15(11)20-13)16(24)21-14-9-18-12(7-17)8-19-14/h4-5,8-9H,2-3,6H2,1H3,(H,19,21,24). The summed E-state index contributed by atoms with van der Waals surface area (Å²) in [6.45, 7) is 1.94. The molecule has 0 radical (unpaired) electrons. The van der Waals surface area contributed by atoms with Gasteiger partial charge >= 0.3 is 6.03 Å². The Labute approximate surface area is 138 Å². The number of carbonyl (C=O) groups excluding carboxylic acids is 2. The van der Waals surface area contributed by atoms with E-state index >= 15 is 0 Å². The van der Waals surface area contributed by atoms with Crippen LogP contribution >= 0.6 is 0 Å². The highest BCUT2D eigenvalue weighted by Crippen LogP contribution is 2.26. The molecular weight excluding hydrogens is 308 g/mol. The predicted molar refractivity (Wildman–Crippen MR) is 85.7 cm³/mol. The van der Waals surface area contributed by atoms with Gasteiger partial charge in [-0.15, -0.1) is 0 Å². The Morgan fingerprint density at radius 2 is 2.12 bits per heavy atom. The summed E-state index contributed by atoms with van der Waals surface area (Å²) in [6, 6.07) is 4.97. The number of Topliss-reactive ketones (excluding diaryl/α,β-unsaturated/α-hetero) is 1. The molecule has 8 heteroatoms. The number of nitrogens with one attached hydrogen (secondary N) is 1. The van der Waals surface area contributed by atoms with Crippen molar-refractivity contribution < 1.29 is 9.59 Å². The molecule has 1 aliphatic heterocycles. The number of hydrogen-bond donors (Lipinski definition) is 1. The van der Waals surface area contributed by atoms with Crippen molar-refractivity contribution in [3.05, 3.63) is 41.5 Å². The highest BCUT2D eigenvalue weighted by Gasteiger charge is 2.25. The number of urea groups is 1. The number of ketones is 1. The van der Waals surface area contributed by atoms with Crippen LogP contribution in [-0.4, -0.2) is 33.3 Å². The van der Waals surface area contributed by atoms with Crippen molar-refractivity contribution in [2.75, 3.05) is 16.8 Å². The van der Waals surface area contributed by atoms with Crippen molar-refractivity contribution >= 4 is 23.5 Å². The van der Waals surface area contributed by atoms with Gasteiger partial charge in [0.05, 0.1) is 12.4 Å². The molecule has 0 unspecified atom stereocenters. The van der Waals surface area contributed by atoms with Gasteiger partial charge in [-0.25, -0.2) is 19.7 Å². The maximum atomic E-state index is 12.5. The van der Waals surface area contributed by atoms with E-state index in [1.165, 1.54) is 24.2 Å². The molecule has 1 aliphatic rings. The van der Waals surface area contributed by atoms with Crippen molar-refractivity contribution in [3.8, 4) is 6.07 Å². The molecule has 1 N–H and O–H groups in total. The Bertz CT molecular complexity index is 841. The monoisotopic (exact) mass is 322 g/mol. The minimum absolute atomic E-state index is 0.151. The predicted octanol–water partition coefficient (Wildman–Crippen LogP) is 1.93. The fourth-order valence-electron chi connectivity index (χ4n) is 2.46. The fraction of sp³-hybridized carbons (Fsp3) is 0.250. The maximum absolute atomic E-state index is 12.5. The summed E-state index contributed by atoms with van der Waals surface area (Å²) in [5, 5.41) is 11.3. The Balaban J connectivity index is 1.85. The van der Waals surface area contributed by atoms with E-state index in [9.17, 15) is 9.59 Å².